The molecule has 0 spiro atoms. The van der Waals surface area contributed by atoms with Gasteiger partial charge in [0.1, 0.15) is 5.75 Å². The Kier molecular flexibility index (Phi) is 7.44. The maximum absolute atomic E-state index is 12.3. The number of anilines is 1. The van der Waals surface area contributed by atoms with Crippen molar-refractivity contribution >= 4 is 40.4 Å². The second-order valence-electron chi connectivity index (χ2n) is 5.91. The monoisotopic (exact) mass is 395 g/mol. The van der Waals surface area contributed by atoms with Crippen molar-refractivity contribution in [2.75, 3.05) is 39.6 Å². The second-order valence-corrected chi connectivity index (χ2v) is 7.71. The summed E-state index contributed by atoms with van der Waals surface area (Å²) in [6, 6.07) is 10.9. The first kappa shape index (κ1) is 20.2. The third-order valence-corrected chi connectivity index (χ3v) is 4.84. The van der Waals surface area contributed by atoms with Gasteiger partial charge in [-0.3, -0.25) is 14.5 Å². The van der Waals surface area contributed by atoms with Gasteiger partial charge in [-0.15, -0.1) is 11.3 Å². The molecule has 0 aliphatic heterocycles. The van der Waals surface area contributed by atoms with Crippen LogP contribution < -0.4 is 10.1 Å². The Morgan fingerprint density at radius 2 is 1.96 bits per heavy atom. The number of nitrogens with one attached hydrogen (secondary N) is 1. The topological polar surface area (TPSA) is 61.9 Å². The lowest BCUT2D eigenvalue weighted by Gasteiger charge is -2.21. The highest BCUT2D eigenvalue weighted by Gasteiger charge is 2.15. The van der Waals surface area contributed by atoms with E-state index >= 15 is 0 Å². The molecule has 0 bridgehead atoms. The van der Waals surface area contributed by atoms with Gasteiger partial charge in [-0.05, 0) is 31.3 Å². The smallest absolute Gasteiger partial charge is 0.243 e. The molecule has 140 valence electrons. The molecule has 0 atom stereocenters. The van der Waals surface area contributed by atoms with E-state index in [4.69, 9.17) is 16.3 Å². The fourth-order valence-electron chi connectivity index (χ4n) is 2.32. The number of methoxy groups -OCH3 is 1. The number of nitrogens with zero attached hydrogens (tertiary/aromatic N) is 2. The Morgan fingerprint density at radius 1 is 1.19 bits per heavy atom. The summed E-state index contributed by atoms with van der Waals surface area (Å²) in [7, 11) is 5.03. The van der Waals surface area contributed by atoms with E-state index in [0.717, 1.165) is 9.21 Å². The van der Waals surface area contributed by atoms with Gasteiger partial charge in [-0.25, -0.2) is 0 Å². The zero-order chi connectivity index (χ0) is 19.1. The van der Waals surface area contributed by atoms with E-state index in [1.807, 2.05) is 24.1 Å². The van der Waals surface area contributed by atoms with Crippen molar-refractivity contribution in [3.63, 3.8) is 0 Å². The first-order chi connectivity index (χ1) is 12.4. The largest absolute Gasteiger partial charge is 0.497 e. The zero-order valence-corrected chi connectivity index (χ0v) is 16.6. The molecule has 1 aromatic carbocycles. The summed E-state index contributed by atoms with van der Waals surface area (Å²) in [5.74, 6) is 0.264. The average molecular weight is 396 g/mol. The minimum Gasteiger partial charge on any atom is -0.497 e. The van der Waals surface area contributed by atoms with Gasteiger partial charge in [-0.2, -0.15) is 0 Å². The van der Waals surface area contributed by atoms with Crippen molar-refractivity contribution in [3.05, 3.63) is 45.6 Å². The Morgan fingerprint density at radius 3 is 2.62 bits per heavy atom. The normalized spacial score (nSPS) is 10.7. The molecule has 26 heavy (non-hydrogen) atoms. The fraction of sp³-hybridized carbons (Fsp3) is 0.333. The molecule has 2 amide bonds. The molecule has 8 heteroatoms. The van der Waals surface area contributed by atoms with E-state index in [9.17, 15) is 9.59 Å². The number of carbonyl (C=O) groups excluding carboxylic acids is 2. The number of hydrogen-bond acceptors (Lipinski definition) is 5. The van der Waals surface area contributed by atoms with Gasteiger partial charge in [0, 0.05) is 30.2 Å². The van der Waals surface area contributed by atoms with E-state index in [2.05, 4.69) is 5.32 Å². The molecule has 1 aromatic heterocycles. The van der Waals surface area contributed by atoms with Gasteiger partial charge in [0.25, 0.3) is 0 Å². The van der Waals surface area contributed by atoms with Crippen LogP contribution in [-0.4, -0.2) is 55.9 Å². The van der Waals surface area contributed by atoms with Crippen LogP contribution in [0.2, 0.25) is 4.34 Å². The number of rotatable bonds is 8. The van der Waals surface area contributed by atoms with Crippen LogP contribution in [-0.2, 0) is 16.1 Å². The molecule has 1 N–H and O–H groups in total. The first-order valence-corrected chi connectivity index (χ1v) is 9.17. The summed E-state index contributed by atoms with van der Waals surface area (Å²) in [6.45, 7) is 0.833. The highest BCUT2D eigenvalue weighted by atomic mass is 35.5. The molecule has 1 heterocycles. The minimum absolute atomic E-state index is 0.0191. The van der Waals surface area contributed by atoms with Crippen LogP contribution in [0.25, 0.3) is 0 Å². The van der Waals surface area contributed by atoms with Crippen molar-refractivity contribution in [1.29, 1.82) is 0 Å². The van der Waals surface area contributed by atoms with Gasteiger partial charge in [0.2, 0.25) is 11.8 Å². The summed E-state index contributed by atoms with van der Waals surface area (Å²) in [5.41, 5.74) is 0.627. The van der Waals surface area contributed by atoms with Crippen LogP contribution in [0.3, 0.4) is 0 Å². The number of carbonyl (C=O) groups is 2. The van der Waals surface area contributed by atoms with E-state index in [1.165, 1.54) is 16.2 Å². The molecule has 0 radical (unpaired) electrons. The van der Waals surface area contributed by atoms with Crippen LogP contribution in [0.4, 0.5) is 5.69 Å². The van der Waals surface area contributed by atoms with Crippen LogP contribution in [0.1, 0.15) is 4.88 Å². The molecule has 2 aromatic rings. The predicted octanol–water partition coefficient (Wildman–Crippen LogP) is 2.94. The van der Waals surface area contributed by atoms with Gasteiger partial charge >= 0.3 is 0 Å². The Hall–Kier alpha value is -2.09. The molecule has 0 saturated heterocycles. The summed E-state index contributed by atoms with van der Waals surface area (Å²) < 4.78 is 5.85. The molecule has 0 saturated carbocycles. The summed E-state index contributed by atoms with van der Waals surface area (Å²) in [6.07, 6.45) is 0. The maximum Gasteiger partial charge on any atom is 0.243 e. The van der Waals surface area contributed by atoms with Crippen molar-refractivity contribution in [2.45, 2.75) is 6.54 Å². The molecule has 0 aliphatic carbocycles. The second kappa shape index (κ2) is 9.56. The number of benzene rings is 1. The number of halogens is 1. The summed E-state index contributed by atoms with van der Waals surface area (Å²) in [5, 5.41) is 2.76. The zero-order valence-electron chi connectivity index (χ0n) is 15.0. The SMILES string of the molecule is COc1cccc(NC(=O)CN(C)C(=O)CN(C)Cc2ccc(Cl)s2)c1. The number of amides is 2. The Labute approximate surface area is 162 Å². The van der Waals surface area contributed by atoms with Crippen molar-refractivity contribution < 1.29 is 14.3 Å². The Balaban J connectivity index is 1.80. The van der Waals surface area contributed by atoms with Gasteiger partial charge < -0.3 is 15.0 Å². The molecular weight excluding hydrogens is 374 g/mol. The van der Waals surface area contributed by atoms with Crippen LogP contribution in [0, 0.1) is 0 Å². The van der Waals surface area contributed by atoms with E-state index in [0.29, 0.717) is 18.0 Å². The number of likely N-dealkylation sites (N-methyl/N-ethyl adjacent to an activating group) is 2. The third kappa shape index (κ3) is 6.33. The lowest BCUT2D eigenvalue weighted by Crippen LogP contribution is -2.40. The summed E-state index contributed by atoms with van der Waals surface area (Å²) in [4.78, 5) is 28.8. The standard InChI is InChI=1S/C18H22ClN3O3S/c1-21(10-15-7-8-16(19)26-15)12-18(24)22(2)11-17(23)20-13-5-4-6-14(9-13)25-3/h4-9H,10-12H2,1-3H3,(H,20,23). The van der Waals surface area contributed by atoms with Gasteiger partial charge in [0.15, 0.2) is 0 Å². The number of ether oxygens (including phenoxy) is 1. The van der Waals surface area contributed by atoms with Crippen molar-refractivity contribution in [2.24, 2.45) is 0 Å². The first-order valence-electron chi connectivity index (χ1n) is 7.98. The third-order valence-electron chi connectivity index (χ3n) is 3.62. The predicted molar refractivity (Wildman–Crippen MR) is 105 cm³/mol. The maximum atomic E-state index is 12.3. The Bertz CT molecular complexity index is 766. The fourth-order valence-corrected chi connectivity index (χ4v) is 3.48. The summed E-state index contributed by atoms with van der Waals surface area (Å²) >= 11 is 7.41. The minimum atomic E-state index is -0.262. The van der Waals surface area contributed by atoms with Crippen molar-refractivity contribution in [1.82, 2.24) is 9.80 Å². The average Bonchev–Trinajstić information content (AvgIpc) is 2.99. The number of thiophene rings is 1. The van der Waals surface area contributed by atoms with Crippen LogP contribution >= 0.6 is 22.9 Å². The molecule has 6 nitrogen and oxygen atoms in total. The highest BCUT2D eigenvalue weighted by molar-refractivity contribution is 7.16. The van der Waals surface area contributed by atoms with E-state index in [-0.39, 0.29) is 24.9 Å². The molecule has 0 aliphatic rings. The lowest BCUT2D eigenvalue weighted by molar-refractivity contribution is -0.134. The lowest BCUT2D eigenvalue weighted by atomic mass is 10.3. The highest BCUT2D eigenvalue weighted by Crippen LogP contribution is 2.22. The quantitative estimate of drug-likeness (QED) is 0.746. The molecule has 2 rings (SSSR count). The molecule has 0 fully saturated rings. The van der Waals surface area contributed by atoms with Crippen molar-refractivity contribution in [3.8, 4) is 5.75 Å². The molecular formula is C18H22ClN3O3S. The molecule has 0 unspecified atom stereocenters. The van der Waals surface area contributed by atoms with Crippen LogP contribution in [0.15, 0.2) is 36.4 Å². The van der Waals surface area contributed by atoms with E-state index < -0.39 is 0 Å². The number of hydrogen-bond donors (Lipinski definition) is 1. The van der Waals surface area contributed by atoms with Gasteiger partial charge in [0.05, 0.1) is 24.5 Å². The van der Waals surface area contributed by atoms with Crippen LogP contribution in [0.5, 0.6) is 5.75 Å². The van der Waals surface area contributed by atoms with Gasteiger partial charge in [-0.1, -0.05) is 17.7 Å². The van der Waals surface area contributed by atoms with E-state index in [1.54, 1.807) is 38.4 Å².